The highest BCUT2D eigenvalue weighted by Gasteiger charge is 2.32. The maximum atomic E-state index is 7.94. The molecule has 1 heteroatoms. The molecular weight excluding hydrogens is 254 g/mol. The summed E-state index contributed by atoms with van der Waals surface area (Å²) < 4.78 is 0. The van der Waals surface area contributed by atoms with Gasteiger partial charge < -0.3 is 5.41 Å². The van der Waals surface area contributed by atoms with Gasteiger partial charge in [-0.15, -0.1) is 18.8 Å². The van der Waals surface area contributed by atoms with Gasteiger partial charge in [0.2, 0.25) is 0 Å². The molecule has 0 saturated heterocycles. The van der Waals surface area contributed by atoms with Crippen molar-refractivity contribution in [1.29, 1.82) is 5.41 Å². The highest BCUT2D eigenvalue weighted by molar-refractivity contribution is 5.84. The van der Waals surface area contributed by atoms with Crippen molar-refractivity contribution >= 4 is 5.71 Å². The van der Waals surface area contributed by atoms with E-state index in [2.05, 4.69) is 46.1 Å². The molecule has 0 aliphatic heterocycles. The smallest absolute Gasteiger partial charge is 0.0604 e. The summed E-state index contributed by atoms with van der Waals surface area (Å²) in [6, 6.07) is 0. The van der Waals surface area contributed by atoms with Crippen LogP contribution in [0.1, 0.15) is 53.9 Å². The Kier molecular flexibility index (Phi) is 8.80. The number of hydrogen-bond acceptors (Lipinski definition) is 1. The van der Waals surface area contributed by atoms with Crippen molar-refractivity contribution in [2.45, 2.75) is 53.9 Å². The zero-order valence-corrected chi connectivity index (χ0v) is 14.4. The second-order valence-corrected chi connectivity index (χ2v) is 6.16. The van der Waals surface area contributed by atoms with Crippen LogP contribution >= 0.6 is 0 Å². The van der Waals surface area contributed by atoms with E-state index in [1.54, 1.807) is 0 Å². The first kappa shape index (κ1) is 19.5. The lowest BCUT2D eigenvalue weighted by Gasteiger charge is -2.35. The van der Waals surface area contributed by atoms with E-state index in [1.165, 1.54) is 5.57 Å². The summed E-state index contributed by atoms with van der Waals surface area (Å²) in [7, 11) is 0. The van der Waals surface area contributed by atoms with Crippen molar-refractivity contribution in [2.24, 2.45) is 29.6 Å². The summed E-state index contributed by atoms with van der Waals surface area (Å²) in [5.41, 5.74) is 1.83. The Bertz CT molecular complexity index is 432. The highest BCUT2D eigenvalue weighted by Crippen LogP contribution is 2.38. The molecule has 0 amide bonds. The van der Waals surface area contributed by atoms with Gasteiger partial charge in [-0.05, 0) is 37.0 Å². The number of rotatable bonds is 9. The van der Waals surface area contributed by atoms with Crippen molar-refractivity contribution in [1.82, 2.24) is 0 Å². The summed E-state index contributed by atoms with van der Waals surface area (Å²) in [5.74, 6) is 6.97. The third kappa shape index (κ3) is 5.09. The third-order valence-electron chi connectivity index (χ3n) is 4.83. The van der Waals surface area contributed by atoms with Crippen LogP contribution in [0.5, 0.6) is 0 Å². The second-order valence-electron chi connectivity index (χ2n) is 6.16. The predicted octanol–water partition coefficient (Wildman–Crippen LogP) is 5.18. The normalized spacial score (nSPS) is 17.7. The topological polar surface area (TPSA) is 23.9 Å². The van der Waals surface area contributed by atoms with E-state index < -0.39 is 0 Å². The molecule has 116 valence electrons. The lowest BCUT2D eigenvalue weighted by Crippen LogP contribution is -2.31. The highest BCUT2D eigenvalue weighted by atomic mass is 14.5. The van der Waals surface area contributed by atoms with Crippen LogP contribution in [-0.2, 0) is 0 Å². The molecule has 0 spiro atoms. The minimum atomic E-state index is -0.0743. The fourth-order valence-corrected chi connectivity index (χ4v) is 3.42. The largest absolute Gasteiger partial charge is 0.309 e. The monoisotopic (exact) mass is 285 g/mol. The Balaban J connectivity index is 5.27. The maximum absolute atomic E-state index is 7.94. The first-order valence-electron chi connectivity index (χ1n) is 7.98. The Morgan fingerprint density at radius 1 is 1.19 bits per heavy atom. The van der Waals surface area contributed by atoms with E-state index in [9.17, 15) is 0 Å². The molecule has 0 aromatic heterocycles. The zero-order valence-electron chi connectivity index (χ0n) is 14.4. The second kappa shape index (κ2) is 9.46. The van der Waals surface area contributed by atoms with Crippen LogP contribution < -0.4 is 0 Å². The molecule has 0 rings (SSSR count). The van der Waals surface area contributed by atoms with Crippen LogP contribution in [0.2, 0.25) is 0 Å². The summed E-state index contributed by atoms with van der Waals surface area (Å²) in [4.78, 5) is 0. The average molecular weight is 285 g/mol. The van der Waals surface area contributed by atoms with Crippen LogP contribution in [0.3, 0.4) is 0 Å². The van der Waals surface area contributed by atoms with Crippen molar-refractivity contribution in [3.8, 4) is 24.7 Å². The van der Waals surface area contributed by atoms with Crippen LogP contribution in [0, 0.1) is 59.7 Å². The Hall–Kier alpha value is -1.47. The van der Waals surface area contributed by atoms with E-state index in [1.807, 2.05) is 6.92 Å². The summed E-state index contributed by atoms with van der Waals surface area (Å²) in [5, 5.41) is 7.94. The van der Waals surface area contributed by atoms with Gasteiger partial charge in [-0.1, -0.05) is 52.2 Å². The quantitative estimate of drug-likeness (QED) is 0.343. The van der Waals surface area contributed by atoms with Crippen LogP contribution in [0.25, 0.3) is 0 Å². The summed E-state index contributed by atoms with van der Waals surface area (Å²) in [6.07, 6.45) is 13.9. The number of nitrogens with one attached hydrogen (secondary N) is 1. The van der Waals surface area contributed by atoms with E-state index >= 15 is 0 Å². The predicted molar refractivity (Wildman–Crippen MR) is 94.2 cm³/mol. The Labute approximate surface area is 132 Å². The first-order valence-corrected chi connectivity index (χ1v) is 7.98. The minimum absolute atomic E-state index is 0.0743. The molecule has 0 aromatic rings. The molecule has 0 fully saturated rings. The lowest BCUT2D eigenvalue weighted by molar-refractivity contribution is 0.233. The standard InChI is InChI=1S/C20H31N/c1-9-13-14(5)15(6)18(10-2)16(7)19(11-3)20(12-4)17(8)21/h1,4,14,16,18-21H,6,10-11,13H2,2-3,5,7-8H3. The molecule has 5 atom stereocenters. The van der Waals surface area contributed by atoms with Gasteiger partial charge in [0, 0.05) is 12.1 Å². The number of allylic oxidation sites excluding steroid dienone is 1. The molecule has 0 saturated carbocycles. The number of hydrogen-bond donors (Lipinski definition) is 1. The SMILES string of the molecule is C#CCC(C)C(=C)C(CC)C(C)C(CC)C(C#C)C(C)=N. The van der Waals surface area contributed by atoms with Gasteiger partial charge in [0.1, 0.15) is 0 Å². The van der Waals surface area contributed by atoms with Gasteiger partial charge in [0.25, 0.3) is 0 Å². The van der Waals surface area contributed by atoms with E-state index in [0.717, 1.165) is 19.3 Å². The van der Waals surface area contributed by atoms with Crippen molar-refractivity contribution in [2.75, 3.05) is 0 Å². The van der Waals surface area contributed by atoms with Gasteiger partial charge in [0.15, 0.2) is 0 Å². The lowest BCUT2D eigenvalue weighted by atomic mass is 9.69. The van der Waals surface area contributed by atoms with Gasteiger partial charge in [0.05, 0.1) is 5.92 Å². The van der Waals surface area contributed by atoms with Gasteiger partial charge >= 0.3 is 0 Å². The van der Waals surface area contributed by atoms with Gasteiger partial charge in [-0.2, -0.15) is 0 Å². The zero-order chi connectivity index (χ0) is 16.6. The molecule has 1 nitrogen and oxygen atoms in total. The van der Waals surface area contributed by atoms with Crippen LogP contribution in [0.4, 0.5) is 0 Å². The Morgan fingerprint density at radius 3 is 2.10 bits per heavy atom. The molecule has 0 aliphatic carbocycles. The van der Waals surface area contributed by atoms with Crippen LogP contribution in [0.15, 0.2) is 12.2 Å². The maximum Gasteiger partial charge on any atom is 0.0604 e. The Morgan fingerprint density at radius 2 is 1.76 bits per heavy atom. The third-order valence-corrected chi connectivity index (χ3v) is 4.83. The molecule has 0 aliphatic rings. The first-order chi connectivity index (χ1) is 9.85. The molecule has 0 aromatic carbocycles. The summed E-state index contributed by atoms with van der Waals surface area (Å²) in [6.45, 7) is 14.9. The summed E-state index contributed by atoms with van der Waals surface area (Å²) >= 11 is 0. The van der Waals surface area contributed by atoms with Crippen molar-refractivity contribution in [3.63, 3.8) is 0 Å². The molecule has 0 bridgehead atoms. The van der Waals surface area contributed by atoms with Crippen LogP contribution in [-0.4, -0.2) is 5.71 Å². The fraction of sp³-hybridized carbons (Fsp3) is 0.650. The average Bonchev–Trinajstić information content (AvgIpc) is 2.44. The van der Waals surface area contributed by atoms with E-state index in [4.69, 9.17) is 18.3 Å². The minimum Gasteiger partial charge on any atom is -0.309 e. The van der Waals surface area contributed by atoms with Crippen molar-refractivity contribution < 1.29 is 0 Å². The molecule has 0 heterocycles. The molecule has 0 radical (unpaired) electrons. The van der Waals surface area contributed by atoms with E-state index in [0.29, 0.717) is 29.4 Å². The van der Waals surface area contributed by atoms with E-state index in [-0.39, 0.29) is 5.92 Å². The van der Waals surface area contributed by atoms with Crippen molar-refractivity contribution in [3.05, 3.63) is 12.2 Å². The molecular formula is C20H31N. The molecule has 21 heavy (non-hydrogen) atoms. The fourth-order valence-electron chi connectivity index (χ4n) is 3.42. The molecule has 5 unspecified atom stereocenters. The number of terminal acetylenes is 2. The van der Waals surface area contributed by atoms with Gasteiger partial charge in [-0.3, -0.25) is 0 Å². The molecule has 1 N–H and O–H groups in total. The van der Waals surface area contributed by atoms with Gasteiger partial charge in [-0.25, -0.2) is 0 Å².